The van der Waals surface area contributed by atoms with E-state index >= 15 is 0 Å². The Kier molecular flexibility index (Phi) is 3.60. The molecule has 0 amide bonds. The maximum absolute atomic E-state index is 5.45. The fourth-order valence-electron chi connectivity index (χ4n) is 3.08. The fraction of sp³-hybridized carbons (Fsp3) is 0.500. The lowest BCUT2D eigenvalue weighted by molar-refractivity contribution is -0.955. The molecular formula is C14H20N3S2+. The molecule has 1 N–H and O–H groups in total. The summed E-state index contributed by atoms with van der Waals surface area (Å²) in [6.45, 7) is 4.48. The van der Waals surface area contributed by atoms with E-state index in [1.165, 1.54) is 19.4 Å². The first kappa shape index (κ1) is 13.1. The van der Waals surface area contributed by atoms with Gasteiger partial charge in [-0.3, -0.25) is 4.57 Å². The van der Waals surface area contributed by atoms with E-state index < -0.39 is 0 Å². The largest absolute Gasteiger partial charge is 0.327 e. The van der Waals surface area contributed by atoms with Crippen LogP contribution in [-0.4, -0.2) is 15.7 Å². The average Bonchev–Trinajstić information content (AvgIpc) is 3.00. The molecule has 1 aliphatic rings. The van der Waals surface area contributed by atoms with Gasteiger partial charge in [0.1, 0.15) is 6.04 Å². The Bertz CT molecular complexity index is 623. The number of rotatable bonds is 3. The summed E-state index contributed by atoms with van der Waals surface area (Å²) in [5, 5.41) is 2.24. The molecule has 5 heteroatoms. The molecule has 1 unspecified atom stereocenters. The molecule has 2 aromatic heterocycles. The predicted molar refractivity (Wildman–Crippen MR) is 81.1 cm³/mol. The van der Waals surface area contributed by atoms with Crippen LogP contribution in [0.3, 0.4) is 0 Å². The van der Waals surface area contributed by atoms with Crippen molar-refractivity contribution in [3.63, 3.8) is 0 Å². The highest BCUT2D eigenvalue weighted by molar-refractivity contribution is 7.71. The van der Waals surface area contributed by atoms with Crippen LogP contribution in [0, 0.1) is 4.77 Å². The molecule has 3 rings (SSSR count). The molecule has 102 valence electrons. The molecule has 0 aliphatic carbocycles. The molecule has 2 atom stereocenters. The van der Waals surface area contributed by atoms with Gasteiger partial charge in [0.2, 0.25) is 0 Å². The number of hydrogen-bond acceptors (Lipinski definition) is 2. The van der Waals surface area contributed by atoms with E-state index in [4.69, 9.17) is 12.2 Å². The van der Waals surface area contributed by atoms with E-state index in [9.17, 15) is 0 Å². The third kappa shape index (κ3) is 2.30. The Hall–Kier alpha value is -0.910. The smallest absolute Gasteiger partial charge is 0.183 e. The first-order valence-electron chi connectivity index (χ1n) is 6.83. The number of hydrogen-bond donors (Lipinski definition) is 1. The SMILES string of the molecule is CC[C@@H]1c2ccsc2CC[NH+]1Cn1ccn(C)c1=S. The van der Waals surface area contributed by atoms with Gasteiger partial charge in [0.05, 0.1) is 6.54 Å². The zero-order chi connectivity index (χ0) is 13.4. The molecular weight excluding hydrogens is 274 g/mol. The van der Waals surface area contributed by atoms with Gasteiger partial charge < -0.3 is 9.47 Å². The average molecular weight is 294 g/mol. The fourth-order valence-corrected chi connectivity index (χ4v) is 4.21. The van der Waals surface area contributed by atoms with Crippen LogP contribution in [0.25, 0.3) is 0 Å². The number of nitrogens with one attached hydrogen (secondary N) is 1. The van der Waals surface area contributed by atoms with E-state index in [0.29, 0.717) is 6.04 Å². The molecule has 3 nitrogen and oxygen atoms in total. The first-order chi connectivity index (χ1) is 9.20. The van der Waals surface area contributed by atoms with Crippen LogP contribution in [-0.2, 0) is 20.1 Å². The summed E-state index contributed by atoms with van der Waals surface area (Å²) in [4.78, 5) is 3.22. The molecule has 0 saturated carbocycles. The summed E-state index contributed by atoms with van der Waals surface area (Å²) in [6.07, 6.45) is 6.55. The molecule has 1 aliphatic heterocycles. The standard InChI is InChI=1S/C14H19N3S2/c1-3-12-11-5-9-19-13(11)4-6-16(12)10-17-8-7-15(2)14(17)18/h5,7-9,12H,3-4,6,10H2,1-2H3/p+1/t12-/m1/s1. The van der Waals surface area contributed by atoms with Gasteiger partial charge in [0, 0.05) is 42.7 Å². The summed E-state index contributed by atoms with van der Waals surface area (Å²) in [7, 11) is 2.01. The Labute approximate surface area is 123 Å². The monoisotopic (exact) mass is 294 g/mol. The number of fused-ring (bicyclic) bond motifs is 1. The summed E-state index contributed by atoms with van der Waals surface area (Å²) in [5.74, 6) is 0. The first-order valence-corrected chi connectivity index (χ1v) is 8.12. The van der Waals surface area contributed by atoms with Gasteiger partial charge in [-0.25, -0.2) is 0 Å². The molecule has 0 bridgehead atoms. The Balaban J connectivity index is 1.86. The molecule has 0 fully saturated rings. The van der Waals surface area contributed by atoms with E-state index in [1.807, 2.05) is 29.1 Å². The topological polar surface area (TPSA) is 14.3 Å². The van der Waals surface area contributed by atoms with Crippen LogP contribution in [0.15, 0.2) is 23.8 Å². The minimum Gasteiger partial charge on any atom is -0.327 e. The normalized spacial score (nSPS) is 22.4. The lowest BCUT2D eigenvalue weighted by Gasteiger charge is -2.32. The lowest BCUT2D eigenvalue weighted by Crippen LogP contribution is -3.12. The molecule has 2 aromatic rings. The van der Waals surface area contributed by atoms with Gasteiger partial charge in [-0.2, -0.15) is 0 Å². The van der Waals surface area contributed by atoms with E-state index in [-0.39, 0.29) is 0 Å². The summed E-state index contributed by atoms with van der Waals surface area (Å²) in [5.41, 5.74) is 1.57. The van der Waals surface area contributed by atoms with Crippen LogP contribution in [0.1, 0.15) is 29.8 Å². The minimum atomic E-state index is 0.622. The second-order valence-electron chi connectivity index (χ2n) is 5.24. The van der Waals surface area contributed by atoms with Gasteiger partial charge in [-0.15, -0.1) is 11.3 Å². The van der Waals surface area contributed by atoms with Crippen molar-refractivity contribution in [1.82, 2.24) is 9.13 Å². The lowest BCUT2D eigenvalue weighted by atomic mass is 9.98. The van der Waals surface area contributed by atoms with Crippen molar-refractivity contribution in [2.24, 2.45) is 7.05 Å². The van der Waals surface area contributed by atoms with Crippen LogP contribution < -0.4 is 4.90 Å². The Morgan fingerprint density at radius 1 is 1.47 bits per heavy atom. The van der Waals surface area contributed by atoms with Crippen LogP contribution in [0.2, 0.25) is 0 Å². The highest BCUT2D eigenvalue weighted by Gasteiger charge is 2.30. The number of aromatic nitrogens is 2. The Morgan fingerprint density at radius 3 is 3.00 bits per heavy atom. The molecule has 0 saturated heterocycles. The van der Waals surface area contributed by atoms with E-state index in [0.717, 1.165) is 11.4 Å². The van der Waals surface area contributed by atoms with Gasteiger partial charge in [-0.05, 0) is 23.7 Å². The van der Waals surface area contributed by atoms with Crippen LogP contribution in [0.5, 0.6) is 0 Å². The second kappa shape index (κ2) is 5.23. The molecule has 0 aromatic carbocycles. The third-order valence-electron chi connectivity index (χ3n) is 4.12. The summed E-state index contributed by atoms with van der Waals surface area (Å²) >= 11 is 7.36. The number of quaternary nitrogens is 1. The zero-order valence-electron chi connectivity index (χ0n) is 11.4. The van der Waals surface area contributed by atoms with Crippen molar-refractivity contribution < 1.29 is 4.90 Å². The van der Waals surface area contributed by atoms with Crippen molar-refractivity contribution in [1.29, 1.82) is 0 Å². The van der Waals surface area contributed by atoms with Gasteiger partial charge >= 0.3 is 0 Å². The summed E-state index contributed by atoms with van der Waals surface area (Å²) in [6, 6.07) is 2.94. The van der Waals surface area contributed by atoms with Crippen molar-refractivity contribution in [2.75, 3.05) is 6.54 Å². The maximum atomic E-state index is 5.45. The number of aryl methyl sites for hydroxylation is 1. The Morgan fingerprint density at radius 2 is 2.32 bits per heavy atom. The number of thiophene rings is 1. The van der Waals surface area contributed by atoms with Crippen molar-refractivity contribution in [3.8, 4) is 0 Å². The summed E-state index contributed by atoms with van der Waals surface area (Å²) < 4.78 is 5.12. The minimum absolute atomic E-state index is 0.622. The van der Waals surface area contributed by atoms with Crippen LogP contribution >= 0.6 is 23.6 Å². The number of imidazole rings is 1. The molecule has 3 heterocycles. The third-order valence-corrected chi connectivity index (χ3v) is 5.64. The van der Waals surface area contributed by atoms with E-state index in [2.05, 4.69) is 29.1 Å². The van der Waals surface area contributed by atoms with Crippen molar-refractivity contribution >= 4 is 23.6 Å². The molecule has 0 spiro atoms. The number of nitrogens with zero attached hydrogens (tertiary/aromatic N) is 2. The highest BCUT2D eigenvalue weighted by Crippen LogP contribution is 2.26. The van der Waals surface area contributed by atoms with Crippen molar-refractivity contribution in [3.05, 3.63) is 39.1 Å². The second-order valence-corrected chi connectivity index (χ2v) is 6.60. The van der Waals surface area contributed by atoms with Gasteiger partial charge in [0.15, 0.2) is 11.4 Å². The van der Waals surface area contributed by atoms with E-state index in [1.54, 1.807) is 15.3 Å². The van der Waals surface area contributed by atoms with Gasteiger partial charge in [-0.1, -0.05) is 6.92 Å². The van der Waals surface area contributed by atoms with Crippen LogP contribution in [0.4, 0.5) is 0 Å². The van der Waals surface area contributed by atoms with Crippen molar-refractivity contribution in [2.45, 2.75) is 32.5 Å². The quantitative estimate of drug-likeness (QED) is 0.857. The highest BCUT2D eigenvalue weighted by atomic mass is 32.1. The van der Waals surface area contributed by atoms with Gasteiger partial charge in [0.25, 0.3) is 0 Å². The maximum Gasteiger partial charge on any atom is 0.183 e. The zero-order valence-corrected chi connectivity index (χ0v) is 13.1. The predicted octanol–water partition coefficient (Wildman–Crippen LogP) is 2.17. The molecule has 19 heavy (non-hydrogen) atoms. The molecule has 0 radical (unpaired) electrons.